The van der Waals surface area contributed by atoms with Crippen LogP contribution in [0.3, 0.4) is 0 Å². The van der Waals surface area contributed by atoms with Crippen LogP contribution in [0.4, 0.5) is 0 Å². The summed E-state index contributed by atoms with van der Waals surface area (Å²) in [5.41, 5.74) is 3.76. The molecule has 0 aliphatic rings. The average molecular weight is 535 g/mol. The fraction of sp³-hybridized carbons (Fsp3) is 0. The number of carbonyl (C=O) groups is 1. The van der Waals surface area contributed by atoms with Gasteiger partial charge in [-0.2, -0.15) is 5.10 Å². The quantitative estimate of drug-likeness (QED) is 0.159. The number of aromatic nitrogens is 2. The molecule has 0 aliphatic carbocycles. The third kappa shape index (κ3) is 5.06. The van der Waals surface area contributed by atoms with Crippen LogP contribution in [0.5, 0.6) is 0 Å². The van der Waals surface area contributed by atoms with Gasteiger partial charge in [0.25, 0.3) is 11.5 Å². The maximum atomic E-state index is 13.3. The Hall–Kier alpha value is -3.85. The molecule has 7 nitrogen and oxygen atoms in total. The lowest BCUT2D eigenvalue weighted by Gasteiger charge is -2.12. The van der Waals surface area contributed by atoms with Crippen LogP contribution >= 0.6 is 35.0 Å². The van der Waals surface area contributed by atoms with Gasteiger partial charge in [0.05, 0.1) is 33.4 Å². The van der Waals surface area contributed by atoms with Gasteiger partial charge in [-0.05, 0) is 66.4 Å². The molecule has 178 valence electrons. The number of hydrogen-bond acceptors (Lipinski definition) is 6. The highest BCUT2D eigenvalue weighted by atomic mass is 35.5. The first-order valence-electron chi connectivity index (χ1n) is 10.6. The van der Waals surface area contributed by atoms with Gasteiger partial charge < -0.3 is 4.42 Å². The Morgan fingerprint density at radius 2 is 1.78 bits per heavy atom. The molecule has 0 saturated carbocycles. The van der Waals surface area contributed by atoms with E-state index in [4.69, 9.17) is 32.6 Å². The van der Waals surface area contributed by atoms with Gasteiger partial charge in [-0.3, -0.25) is 14.2 Å². The summed E-state index contributed by atoms with van der Waals surface area (Å²) in [5.74, 6) is -0.0873. The topological polar surface area (TPSA) is 89.5 Å². The van der Waals surface area contributed by atoms with Crippen LogP contribution in [0.25, 0.3) is 16.6 Å². The van der Waals surface area contributed by atoms with Gasteiger partial charge in [-0.1, -0.05) is 53.5 Å². The first kappa shape index (κ1) is 23.9. The molecule has 0 aliphatic heterocycles. The zero-order valence-electron chi connectivity index (χ0n) is 18.4. The molecule has 0 atom stereocenters. The molecule has 0 bridgehead atoms. The van der Waals surface area contributed by atoms with Crippen LogP contribution in [-0.2, 0) is 0 Å². The van der Waals surface area contributed by atoms with Crippen molar-refractivity contribution in [1.29, 1.82) is 0 Å². The minimum Gasteiger partial charge on any atom is -0.448 e. The second-order valence-corrected chi connectivity index (χ2v) is 9.29. The Bertz CT molecular complexity index is 1670. The monoisotopic (exact) mass is 534 g/mol. The molecule has 2 heterocycles. The minimum absolute atomic E-state index is 0.175. The molecule has 36 heavy (non-hydrogen) atoms. The Balaban J connectivity index is 1.39. The van der Waals surface area contributed by atoms with Crippen molar-refractivity contribution in [3.05, 3.63) is 117 Å². The van der Waals surface area contributed by atoms with Crippen molar-refractivity contribution in [1.82, 2.24) is 15.0 Å². The lowest BCUT2D eigenvalue weighted by Crippen LogP contribution is -2.21. The molecule has 5 aromatic rings. The molecular weight excluding hydrogens is 519 g/mol. The Morgan fingerprint density at radius 1 is 1.00 bits per heavy atom. The fourth-order valence-electron chi connectivity index (χ4n) is 3.42. The fourth-order valence-corrected chi connectivity index (χ4v) is 4.79. The van der Waals surface area contributed by atoms with Gasteiger partial charge in [-0.15, -0.1) is 0 Å². The maximum absolute atomic E-state index is 13.3. The number of halogens is 2. The molecule has 0 radical (unpaired) electrons. The van der Waals surface area contributed by atoms with Gasteiger partial charge in [0.15, 0.2) is 10.2 Å². The van der Waals surface area contributed by atoms with Crippen LogP contribution in [0, 0.1) is 0 Å². The van der Waals surface area contributed by atoms with E-state index < -0.39 is 5.91 Å². The molecule has 3 aromatic carbocycles. The van der Waals surface area contributed by atoms with Crippen molar-refractivity contribution < 1.29 is 9.21 Å². The number of rotatable bonds is 6. The summed E-state index contributed by atoms with van der Waals surface area (Å²) in [5, 5.41) is 6.05. The number of furan rings is 1. The zero-order chi connectivity index (χ0) is 25.1. The number of hydrazone groups is 1. The number of para-hydroxylation sites is 2. The standard InChI is InChI=1S/C26H16Cl2N4O3S/c27-16-10-12-19(21(28)14-16)24(33)31-29-15-18-11-13-23(35-18)36-26-30-22-9-5-4-8-20(22)25(34)32(26)17-6-2-1-3-7-17/h1-15H,(H,31,33)/b29-15+. The van der Waals surface area contributed by atoms with Crippen LogP contribution in [0.2, 0.25) is 10.0 Å². The number of nitrogens with zero attached hydrogens (tertiary/aromatic N) is 3. The Kier molecular flexibility index (Phi) is 6.90. The van der Waals surface area contributed by atoms with E-state index in [2.05, 4.69) is 10.5 Å². The number of benzene rings is 3. The van der Waals surface area contributed by atoms with Gasteiger partial charge in [0.1, 0.15) is 5.76 Å². The van der Waals surface area contributed by atoms with E-state index >= 15 is 0 Å². The van der Waals surface area contributed by atoms with Gasteiger partial charge in [0, 0.05) is 5.02 Å². The van der Waals surface area contributed by atoms with Crippen LogP contribution in [-0.4, -0.2) is 21.7 Å². The Morgan fingerprint density at radius 3 is 2.58 bits per heavy atom. The summed E-state index contributed by atoms with van der Waals surface area (Å²) in [4.78, 5) is 30.3. The van der Waals surface area contributed by atoms with Crippen molar-refractivity contribution >= 4 is 58.0 Å². The van der Waals surface area contributed by atoms with E-state index in [1.54, 1.807) is 34.9 Å². The SMILES string of the molecule is O=C(N/N=C/c1ccc(Sc2nc3ccccc3c(=O)n2-c2ccccc2)o1)c1ccc(Cl)cc1Cl. The maximum Gasteiger partial charge on any atom is 0.272 e. The molecule has 0 saturated heterocycles. The average Bonchev–Trinajstić information content (AvgIpc) is 3.31. The molecule has 10 heteroatoms. The van der Waals surface area contributed by atoms with Crippen molar-refractivity contribution in [2.75, 3.05) is 0 Å². The summed E-state index contributed by atoms with van der Waals surface area (Å²) in [6, 6.07) is 24.5. The predicted molar refractivity (Wildman–Crippen MR) is 142 cm³/mol. The number of nitrogens with one attached hydrogen (secondary N) is 1. The zero-order valence-corrected chi connectivity index (χ0v) is 20.7. The lowest BCUT2D eigenvalue weighted by atomic mass is 10.2. The van der Waals surface area contributed by atoms with Crippen molar-refractivity contribution in [3.8, 4) is 5.69 Å². The highest BCUT2D eigenvalue weighted by Gasteiger charge is 2.15. The smallest absolute Gasteiger partial charge is 0.272 e. The third-order valence-corrected chi connectivity index (χ3v) is 6.51. The van der Waals surface area contributed by atoms with E-state index in [9.17, 15) is 9.59 Å². The van der Waals surface area contributed by atoms with Crippen LogP contribution in [0.15, 0.2) is 109 Å². The molecule has 0 fully saturated rings. The van der Waals surface area contributed by atoms with Crippen LogP contribution in [0.1, 0.15) is 16.1 Å². The highest BCUT2D eigenvalue weighted by Crippen LogP contribution is 2.29. The number of hydrogen-bond donors (Lipinski definition) is 1. The van der Waals surface area contributed by atoms with E-state index in [0.717, 1.165) is 0 Å². The Labute approximate surface area is 219 Å². The molecule has 5 rings (SSSR count). The summed E-state index contributed by atoms with van der Waals surface area (Å²) in [6.45, 7) is 0. The molecular formula is C26H16Cl2N4O3S. The number of carbonyl (C=O) groups excluding carboxylic acids is 1. The van der Waals surface area contributed by atoms with Gasteiger partial charge in [0.2, 0.25) is 0 Å². The summed E-state index contributed by atoms with van der Waals surface area (Å²) in [6.07, 6.45) is 1.36. The van der Waals surface area contributed by atoms with Gasteiger partial charge >= 0.3 is 0 Å². The molecule has 0 spiro atoms. The van der Waals surface area contributed by atoms with E-state index in [0.29, 0.717) is 37.6 Å². The van der Waals surface area contributed by atoms with Crippen molar-refractivity contribution in [2.24, 2.45) is 5.10 Å². The predicted octanol–water partition coefficient (Wildman–Crippen LogP) is 6.20. The molecule has 1 N–H and O–H groups in total. The largest absolute Gasteiger partial charge is 0.448 e. The summed E-state index contributed by atoms with van der Waals surface area (Å²) in [7, 11) is 0. The molecule has 2 aromatic heterocycles. The molecule has 0 unspecified atom stereocenters. The molecule has 1 amide bonds. The second-order valence-electron chi connectivity index (χ2n) is 7.47. The minimum atomic E-state index is -0.485. The second kappa shape index (κ2) is 10.4. The van der Waals surface area contributed by atoms with Crippen molar-refractivity contribution in [2.45, 2.75) is 10.2 Å². The van der Waals surface area contributed by atoms with Crippen molar-refractivity contribution in [3.63, 3.8) is 0 Å². The van der Waals surface area contributed by atoms with E-state index in [1.165, 1.54) is 30.1 Å². The number of fused-ring (bicyclic) bond motifs is 1. The third-order valence-electron chi connectivity index (χ3n) is 5.09. The first-order valence-corrected chi connectivity index (χ1v) is 12.2. The summed E-state index contributed by atoms with van der Waals surface area (Å²) >= 11 is 13.1. The van der Waals surface area contributed by atoms with Gasteiger partial charge in [-0.25, -0.2) is 10.4 Å². The summed E-state index contributed by atoms with van der Waals surface area (Å²) < 4.78 is 7.38. The first-order chi connectivity index (χ1) is 17.5. The van der Waals surface area contributed by atoms with E-state index in [-0.39, 0.29) is 16.1 Å². The lowest BCUT2D eigenvalue weighted by molar-refractivity contribution is 0.0955. The highest BCUT2D eigenvalue weighted by molar-refractivity contribution is 7.99. The van der Waals surface area contributed by atoms with Crippen LogP contribution < -0.4 is 11.0 Å². The normalized spacial score (nSPS) is 11.3. The number of amides is 1. The van der Waals surface area contributed by atoms with E-state index in [1.807, 2.05) is 42.5 Å².